The molecule has 17 heavy (non-hydrogen) atoms. The first-order valence-corrected chi connectivity index (χ1v) is 6.63. The largest absolute Gasteiger partial charge is 0.409 e. The summed E-state index contributed by atoms with van der Waals surface area (Å²) in [5.41, 5.74) is 5.85. The topological polar surface area (TPSA) is 70.6 Å². The molecule has 0 heterocycles. The summed E-state index contributed by atoms with van der Waals surface area (Å²) in [7, 11) is 0. The van der Waals surface area contributed by atoms with Crippen molar-refractivity contribution >= 4 is 5.84 Å². The molecule has 0 spiro atoms. The van der Waals surface area contributed by atoms with Crippen molar-refractivity contribution in [3.05, 3.63) is 0 Å². The van der Waals surface area contributed by atoms with Gasteiger partial charge >= 0.3 is 0 Å². The smallest absolute Gasteiger partial charge is 0.144 e. The van der Waals surface area contributed by atoms with Gasteiger partial charge in [-0.25, -0.2) is 0 Å². The quantitative estimate of drug-likeness (QED) is 0.211. The van der Waals surface area contributed by atoms with Crippen LogP contribution in [0.1, 0.15) is 59.3 Å². The second-order valence-electron chi connectivity index (χ2n) is 6.17. The van der Waals surface area contributed by atoms with Crippen LogP contribution in [0.3, 0.4) is 0 Å². The molecule has 1 aliphatic carbocycles. The van der Waals surface area contributed by atoms with Crippen LogP contribution in [0, 0.1) is 5.41 Å². The van der Waals surface area contributed by atoms with Crippen molar-refractivity contribution in [1.29, 1.82) is 0 Å². The molecular formula is C13H27N3O. The number of rotatable bonds is 7. The predicted octanol–water partition coefficient (Wildman–Crippen LogP) is 2.46. The summed E-state index contributed by atoms with van der Waals surface area (Å²) < 4.78 is 0. The van der Waals surface area contributed by atoms with E-state index in [9.17, 15) is 0 Å². The summed E-state index contributed by atoms with van der Waals surface area (Å²) in [6, 6.07) is 0. The molecule has 0 saturated heterocycles. The molecule has 1 rings (SSSR count). The number of hydrogen-bond acceptors (Lipinski definition) is 3. The van der Waals surface area contributed by atoms with E-state index in [1.807, 2.05) is 13.8 Å². The zero-order valence-corrected chi connectivity index (χ0v) is 11.4. The number of oxime groups is 1. The first-order chi connectivity index (χ1) is 7.90. The lowest BCUT2D eigenvalue weighted by Gasteiger charge is -2.39. The lowest BCUT2D eigenvalue weighted by atomic mass is 9.78. The highest BCUT2D eigenvalue weighted by atomic mass is 16.4. The van der Waals surface area contributed by atoms with Crippen LogP contribution in [0.2, 0.25) is 0 Å². The van der Waals surface area contributed by atoms with Gasteiger partial charge in [0.2, 0.25) is 0 Å². The number of amidine groups is 1. The maximum atomic E-state index is 8.67. The average molecular weight is 241 g/mol. The molecular weight excluding hydrogens is 214 g/mol. The van der Waals surface area contributed by atoms with E-state index in [1.165, 1.54) is 19.3 Å². The van der Waals surface area contributed by atoms with Crippen molar-refractivity contribution in [2.75, 3.05) is 6.54 Å². The summed E-state index contributed by atoms with van der Waals surface area (Å²) in [6.45, 7) is 7.41. The SMILES string of the molecule is CC1(NCCCCC(C)(C)C(N)=NO)CCC1. The third kappa shape index (κ3) is 4.19. The first-order valence-electron chi connectivity index (χ1n) is 6.63. The van der Waals surface area contributed by atoms with Crippen LogP contribution < -0.4 is 11.1 Å². The zero-order chi connectivity index (χ0) is 12.9. The maximum absolute atomic E-state index is 8.67. The predicted molar refractivity (Wildman–Crippen MR) is 71.3 cm³/mol. The van der Waals surface area contributed by atoms with Gasteiger partial charge in [-0.15, -0.1) is 0 Å². The Bertz CT molecular complexity index is 270. The fourth-order valence-electron chi connectivity index (χ4n) is 2.23. The van der Waals surface area contributed by atoms with Gasteiger partial charge < -0.3 is 16.3 Å². The van der Waals surface area contributed by atoms with Gasteiger partial charge in [0.05, 0.1) is 0 Å². The Hall–Kier alpha value is -0.770. The fraction of sp³-hybridized carbons (Fsp3) is 0.923. The van der Waals surface area contributed by atoms with E-state index in [0.29, 0.717) is 11.4 Å². The highest BCUT2D eigenvalue weighted by Gasteiger charge is 2.30. The number of nitrogens with one attached hydrogen (secondary N) is 1. The Balaban J connectivity index is 2.11. The number of hydrogen-bond donors (Lipinski definition) is 3. The van der Waals surface area contributed by atoms with E-state index in [4.69, 9.17) is 10.9 Å². The van der Waals surface area contributed by atoms with Gasteiger partial charge in [-0.3, -0.25) is 0 Å². The minimum Gasteiger partial charge on any atom is -0.409 e. The fourth-order valence-corrected chi connectivity index (χ4v) is 2.23. The highest BCUT2D eigenvalue weighted by molar-refractivity contribution is 5.85. The molecule has 0 amide bonds. The minimum atomic E-state index is -0.199. The number of unbranched alkanes of at least 4 members (excludes halogenated alkanes) is 1. The summed E-state index contributed by atoms with van der Waals surface area (Å²) >= 11 is 0. The van der Waals surface area contributed by atoms with Crippen LogP contribution in [0.25, 0.3) is 0 Å². The van der Waals surface area contributed by atoms with Gasteiger partial charge in [0.1, 0.15) is 5.84 Å². The lowest BCUT2D eigenvalue weighted by molar-refractivity contribution is 0.207. The molecule has 4 N–H and O–H groups in total. The van der Waals surface area contributed by atoms with Crippen LogP contribution in [0.15, 0.2) is 5.16 Å². The highest BCUT2D eigenvalue weighted by Crippen LogP contribution is 2.31. The van der Waals surface area contributed by atoms with Gasteiger partial charge in [0.15, 0.2) is 0 Å². The normalized spacial score (nSPS) is 20.1. The molecule has 0 aromatic rings. The van der Waals surface area contributed by atoms with Crippen molar-refractivity contribution in [2.45, 2.75) is 64.8 Å². The van der Waals surface area contributed by atoms with E-state index in [-0.39, 0.29) is 5.41 Å². The van der Waals surface area contributed by atoms with Crippen LogP contribution in [0.4, 0.5) is 0 Å². The summed E-state index contributed by atoms with van der Waals surface area (Å²) in [5, 5.41) is 15.4. The molecule has 0 radical (unpaired) electrons. The van der Waals surface area contributed by atoms with E-state index < -0.39 is 0 Å². The molecule has 0 atom stereocenters. The molecule has 1 saturated carbocycles. The molecule has 100 valence electrons. The molecule has 1 fully saturated rings. The lowest BCUT2D eigenvalue weighted by Crippen LogP contribution is -2.48. The Morgan fingerprint density at radius 2 is 2.06 bits per heavy atom. The first kappa shape index (κ1) is 14.3. The molecule has 0 aromatic carbocycles. The van der Waals surface area contributed by atoms with Crippen LogP contribution in [0.5, 0.6) is 0 Å². The van der Waals surface area contributed by atoms with E-state index in [0.717, 1.165) is 25.8 Å². The summed E-state index contributed by atoms with van der Waals surface area (Å²) in [5.74, 6) is 0.330. The van der Waals surface area contributed by atoms with Crippen molar-refractivity contribution in [1.82, 2.24) is 5.32 Å². The minimum absolute atomic E-state index is 0.199. The maximum Gasteiger partial charge on any atom is 0.144 e. The Kier molecular flexibility index (Phi) is 4.80. The van der Waals surface area contributed by atoms with Crippen LogP contribution >= 0.6 is 0 Å². The number of nitrogens with zero attached hydrogens (tertiary/aromatic N) is 1. The van der Waals surface area contributed by atoms with E-state index in [1.54, 1.807) is 0 Å². The Morgan fingerprint density at radius 1 is 1.41 bits per heavy atom. The van der Waals surface area contributed by atoms with Crippen LogP contribution in [-0.2, 0) is 0 Å². The average Bonchev–Trinajstić information content (AvgIpc) is 2.24. The molecule has 0 unspecified atom stereocenters. The third-order valence-corrected chi connectivity index (χ3v) is 4.04. The van der Waals surface area contributed by atoms with Gasteiger partial charge in [-0.1, -0.05) is 25.4 Å². The van der Waals surface area contributed by atoms with Gasteiger partial charge in [0, 0.05) is 11.0 Å². The number of nitrogens with two attached hydrogens (primary N) is 1. The second kappa shape index (κ2) is 5.71. The van der Waals surface area contributed by atoms with Gasteiger partial charge in [-0.05, 0) is 45.6 Å². The molecule has 4 heteroatoms. The monoisotopic (exact) mass is 241 g/mol. The van der Waals surface area contributed by atoms with Crippen molar-refractivity contribution < 1.29 is 5.21 Å². The van der Waals surface area contributed by atoms with Crippen molar-refractivity contribution in [3.8, 4) is 0 Å². The Morgan fingerprint density at radius 3 is 2.53 bits per heavy atom. The second-order valence-corrected chi connectivity index (χ2v) is 6.17. The van der Waals surface area contributed by atoms with Gasteiger partial charge in [0.25, 0.3) is 0 Å². The van der Waals surface area contributed by atoms with Crippen molar-refractivity contribution in [2.24, 2.45) is 16.3 Å². The molecule has 4 nitrogen and oxygen atoms in total. The molecule has 1 aliphatic rings. The third-order valence-electron chi connectivity index (χ3n) is 4.04. The Labute approximate surface area is 105 Å². The molecule has 0 aliphatic heterocycles. The standard InChI is InChI=1S/C13H27N3O/c1-12(2,11(14)16-17)7-4-5-10-15-13(3)8-6-9-13/h15,17H,4-10H2,1-3H3,(H2,14,16). The van der Waals surface area contributed by atoms with E-state index in [2.05, 4.69) is 17.4 Å². The molecule has 0 bridgehead atoms. The van der Waals surface area contributed by atoms with Gasteiger partial charge in [-0.2, -0.15) is 0 Å². The summed E-state index contributed by atoms with van der Waals surface area (Å²) in [4.78, 5) is 0. The van der Waals surface area contributed by atoms with E-state index >= 15 is 0 Å². The summed E-state index contributed by atoms with van der Waals surface area (Å²) in [6.07, 6.45) is 7.19. The van der Waals surface area contributed by atoms with Crippen molar-refractivity contribution in [3.63, 3.8) is 0 Å². The molecule has 0 aromatic heterocycles. The zero-order valence-electron chi connectivity index (χ0n) is 11.4. The van der Waals surface area contributed by atoms with Crippen LogP contribution in [-0.4, -0.2) is 23.1 Å².